The molecule has 0 radical (unpaired) electrons. The second kappa shape index (κ2) is 9.37. The molecule has 0 bridgehead atoms. The van der Waals surface area contributed by atoms with Crippen molar-refractivity contribution in [1.29, 1.82) is 0 Å². The first-order chi connectivity index (χ1) is 10.5. The first-order valence-corrected chi connectivity index (χ1v) is 8.69. The number of rotatable bonds is 8. The second-order valence-electron chi connectivity index (χ2n) is 4.57. The summed E-state index contributed by atoms with van der Waals surface area (Å²) in [5, 5.41) is 2.93. The van der Waals surface area contributed by atoms with Gasteiger partial charge in [0.25, 0.3) is 5.91 Å². The molecule has 0 aliphatic heterocycles. The molecule has 0 heterocycles. The number of likely N-dealkylation sites (N-methyl/N-ethyl adjacent to an activating group) is 1. The molecule has 22 heavy (non-hydrogen) atoms. The zero-order chi connectivity index (χ0) is 16.7. The van der Waals surface area contributed by atoms with Crippen LogP contribution >= 0.6 is 31.9 Å². The molecular weight excluding hydrogens is 416 g/mol. The van der Waals surface area contributed by atoms with Crippen LogP contribution in [0.25, 0.3) is 0 Å². The van der Waals surface area contributed by atoms with Gasteiger partial charge >= 0.3 is 0 Å². The van der Waals surface area contributed by atoms with Crippen molar-refractivity contribution in [2.75, 3.05) is 40.4 Å². The Morgan fingerprint density at radius 2 is 1.64 bits per heavy atom. The molecule has 0 saturated carbocycles. The number of nitrogens with one attached hydrogen (secondary N) is 1. The van der Waals surface area contributed by atoms with Gasteiger partial charge in [-0.3, -0.25) is 4.79 Å². The molecule has 0 spiro atoms. The van der Waals surface area contributed by atoms with Gasteiger partial charge in [0.2, 0.25) is 0 Å². The predicted octanol–water partition coefficient (Wildman–Crippen LogP) is 3.30. The number of amides is 1. The van der Waals surface area contributed by atoms with E-state index in [2.05, 4.69) is 55.9 Å². The smallest absolute Gasteiger partial charge is 0.253 e. The lowest BCUT2D eigenvalue weighted by Crippen LogP contribution is -2.35. The minimum absolute atomic E-state index is 0.178. The molecule has 1 amide bonds. The van der Waals surface area contributed by atoms with Crippen molar-refractivity contribution in [3.63, 3.8) is 0 Å². The van der Waals surface area contributed by atoms with Crippen molar-refractivity contribution >= 4 is 37.8 Å². The Kier molecular flexibility index (Phi) is 8.20. The van der Waals surface area contributed by atoms with Crippen LogP contribution in [0.2, 0.25) is 0 Å². The Bertz CT molecular complexity index is 492. The van der Waals surface area contributed by atoms with Crippen LogP contribution in [0.15, 0.2) is 15.0 Å². The van der Waals surface area contributed by atoms with E-state index >= 15 is 0 Å². The van der Waals surface area contributed by atoms with E-state index in [0.29, 0.717) is 32.6 Å². The molecule has 1 aromatic rings. The summed E-state index contributed by atoms with van der Waals surface area (Å²) < 4.78 is 11.7. The van der Waals surface area contributed by atoms with Crippen molar-refractivity contribution in [2.45, 2.75) is 13.8 Å². The largest absolute Gasteiger partial charge is 0.495 e. The monoisotopic (exact) mass is 436 g/mol. The number of hydrogen-bond donors (Lipinski definition) is 1. The predicted molar refractivity (Wildman–Crippen MR) is 95.1 cm³/mol. The highest BCUT2D eigenvalue weighted by molar-refractivity contribution is 9.11. The van der Waals surface area contributed by atoms with Crippen molar-refractivity contribution in [3.05, 3.63) is 20.6 Å². The topological polar surface area (TPSA) is 50.8 Å². The fourth-order valence-electron chi connectivity index (χ4n) is 2.04. The van der Waals surface area contributed by atoms with Crippen LogP contribution in [0.1, 0.15) is 24.2 Å². The average Bonchev–Trinajstić information content (AvgIpc) is 2.52. The maximum Gasteiger partial charge on any atom is 0.253 e. The number of methoxy groups -OCH3 is 2. The highest BCUT2D eigenvalue weighted by Gasteiger charge is 2.21. The van der Waals surface area contributed by atoms with Crippen LogP contribution in [-0.4, -0.2) is 51.2 Å². The number of carbonyl (C=O) groups is 1. The summed E-state index contributed by atoms with van der Waals surface area (Å²) in [7, 11) is 3.10. The minimum atomic E-state index is -0.178. The molecule has 0 aliphatic carbocycles. The molecule has 0 aromatic heterocycles. The summed E-state index contributed by atoms with van der Waals surface area (Å²) in [6, 6.07) is 1.72. The van der Waals surface area contributed by atoms with Crippen LogP contribution in [0.5, 0.6) is 11.5 Å². The first kappa shape index (κ1) is 19.3. The second-order valence-corrected chi connectivity index (χ2v) is 6.15. The third kappa shape index (κ3) is 4.60. The Morgan fingerprint density at radius 3 is 2.05 bits per heavy atom. The first-order valence-electron chi connectivity index (χ1n) is 7.10. The number of hydrogen-bond acceptors (Lipinski definition) is 4. The molecule has 0 fully saturated rings. The molecule has 0 saturated heterocycles. The van der Waals surface area contributed by atoms with Crippen LogP contribution in [0.4, 0.5) is 0 Å². The zero-order valence-electron chi connectivity index (χ0n) is 13.3. The third-order valence-corrected chi connectivity index (χ3v) is 4.98. The minimum Gasteiger partial charge on any atom is -0.495 e. The van der Waals surface area contributed by atoms with E-state index in [4.69, 9.17) is 9.47 Å². The maximum atomic E-state index is 12.5. The Labute approximate surface area is 148 Å². The van der Waals surface area contributed by atoms with Crippen molar-refractivity contribution in [1.82, 2.24) is 10.2 Å². The van der Waals surface area contributed by atoms with Gasteiger partial charge in [-0.1, -0.05) is 13.8 Å². The quantitative estimate of drug-likeness (QED) is 0.677. The van der Waals surface area contributed by atoms with Gasteiger partial charge in [-0.25, -0.2) is 0 Å². The zero-order valence-corrected chi connectivity index (χ0v) is 16.5. The van der Waals surface area contributed by atoms with Gasteiger partial charge < -0.3 is 19.7 Å². The number of halogens is 2. The van der Waals surface area contributed by atoms with E-state index in [1.165, 1.54) is 0 Å². The van der Waals surface area contributed by atoms with Gasteiger partial charge in [0, 0.05) is 19.2 Å². The number of benzene rings is 1. The van der Waals surface area contributed by atoms with Gasteiger partial charge in [0.1, 0.15) is 11.5 Å². The summed E-state index contributed by atoms with van der Waals surface area (Å²) in [6.07, 6.45) is 0. The van der Waals surface area contributed by atoms with E-state index in [-0.39, 0.29) is 5.91 Å². The number of nitrogens with zero attached hydrogens (tertiary/aromatic N) is 1. The summed E-state index contributed by atoms with van der Waals surface area (Å²) >= 11 is 6.85. The Morgan fingerprint density at radius 1 is 1.14 bits per heavy atom. The summed E-state index contributed by atoms with van der Waals surface area (Å²) in [6.45, 7) is 7.53. The summed E-state index contributed by atoms with van der Waals surface area (Å²) in [5.41, 5.74) is 0.468. The van der Waals surface area contributed by atoms with Crippen molar-refractivity contribution in [3.8, 4) is 11.5 Å². The standard InChI is InChI=1S/C15H22Br2N2O3/c1-5-19(6-2)8-7-18-15(20)12-13(16)10(21-3)9-11(22-4)14(12)17/h9H,5-8H2,1-4H3,(H,18,20). The van der Waals surface area contributed by atoms with Crippen LogP contribution in [-0.2, 0) is 0 Å². The SMILES string of the molecule is CCN(CC)CCNC(=O)c1c(Br)c(OC)cc(OC)c1Br. The number of carbonyl (C=O) groups excluding carboxylic acids is 1. The van der Waals surface area contributed by atoms with E-state index in [1.54, 1.807) is 20.3 Å². The summed E-state index contributed by atoms with van der Waals surface area (Å²) in [5.74, 6) is 0.922. The lowest BCUT2D eigenvalue weighted by molar-refractivity contribution is 0.0946. The van der Waals surface area contributed by atoms with Crippen LogP contribution in [0.3, 0.4) is 0 Å². The molecule has 0 aliphatic rings. The average molecular weight is 438 g/mol. The fraction of sp³-hybridized carbons (Fsp3) is 0.533. The van der Waals surface area contributed by atoms with Gasteiger partial charge in [-0.2, -0.15) is 0 Å². The van der Waals surface area contributed by atoms with Crippen LogP contribution in [0, 0.1) is 0 Å². The third-order valence-electron chi connectivity index (χ3n) is 3.41. The molecule has 124 valence electrons. The van der Waals surface area contributed by atoms with E-state index in [0.717, 1.165) is 19.6 Å². The highest BCUT2D eigenvalue weighted by Crippen LogP contribution is 2.40. The molecule has 1 rings (SSSR count). The molecule has 1 N–H and O–H groups in total. The van der Waals surface area contributed by atoms with Gasteiger partial charge in [0.15, 0.2) is 0 Å². The summed E-state index contributed by atoms with van der Waals surface area (Å²) in [4.78, 5) is 14.7. The van der Waals surface area contributed by atoms with E-state index in [1.807, 2.05) is 0 Å². The lowest BCUT2D eigenvalue weighted by atomic mass is 10.2. The van der Waals surface area contributed by atoms with Gasteiger partial charge in [0.05, 0.1) is 28.7 Å². The molecule has 7 heteroatoms. The van der Waals surface area contributed by atoms with E-state index in [9.17, 15) is 4.79 Å². The molecule has 0 unspecified atom stereocenters. The van der Waals surface area contributed by atoms with Gasteiger partial charge in [-0.05, 0) is 44.9 Å². The Balaban J connectivity index is 2.92. The number of ether oxygens (including phenoxy) is 2. The molecular formula is C15H22Br2N2O3. The highest BCUT2D eigenvalue weighted by atomic mass is 79.9. The Hall–Kier alpha value is -0.790. The molecule has 0 atom stereocenters. The normalized spacial score (nSPS) is 10.7. The van der Waals surface area contributed by atoms with Crippen LogP contribution < -0.4 is 14.8 Å². The maximum absolute atomic E-state index is 12.5. The fourth-order valence-corrected chi connectivity index (χ4v) is 3.62. The van der Waals surface area contributed by atoms with E-state index < -0.39 is 0 Å². The van der Waals surface area contributed by atoms with Crippen molar-refractivity contribution < 1.29 is 14.3 Å². The molecule has 5 nitrogen and oxygen atoms in total. The lowest BCUT2D eigenvalue weighted by Gasteiger charge is -2.19. The van der Waals surface area contributed by atoms with Crippen molar-refractivity contribution in [2.24, 2.45) is 0 Å². The molecule has 1 aromatic carbocycles. The van der Waals surface area contributed by atoms with Gasteiger partial charge in [-0.15, -0.1) is 0 Å².